The first-order valence-corrected chi connectivity index (χ1v) is 21.4. The van der Waals surface area contributed by atoms with Crippen LogP contribution in [0.2, 0.25) is 10.0 Å². The number of ether oxygens (including phenoxy) is 2. The number of nitrogens with zero attached hydrogens (tertiary/aromatic N) is 4. The quantitative estimate of drug-likeness (QED) is 0.129. The van der Waals surface area contributed by atoms with Crippen molar-refractivity contribution >= 4 is 69.9 Å². The van der Waals surface area contributed by atoms with Crippen LogP contribution in [0, 0.1) is 0 Å². The van der Waals surface area contributed by atoms with E-state index in [0.29, 0.717) is 45.9 Å². The molecule has 6 aromatic rings. The van der Waals surface area contributed by atoms with Crippen molar-refractivity contribution in [2.45, 2.75) is 51.0 Å². The highest BCUT2D eigenvalue weighted by Crippen LogP contribution is 2.35. The Bertz CT molecular complexity index is 2300. The van der Waals surface area contributed by atoms with Crippen LogP contribution in [-0.2, 0) is 27.5 Å². The molecule has 2 fully saturated rings. The molecule has 2 aliphatic heterocycles. The molecule has 0 unspecified atom stereocenters. The van der Waals surface area contributed by atoms with Crippen LogP contribution in [-0.4, -0.2) is 68.0 Å². The zero-order valence-corrected chi connectivity index (χ0v) is 36.0. The number of nitrogens with one attached hydrogen (secondary N) is 2. The van der Waals surface area contributed by atoms with E-state index in [1.54, 1.807) is 23.5 Å². The van der Waals surface area contributed by atoms with Gasteiger partial charge < -0.3 is 20.1 Å². The zero-order chi connectivity index (χ0) is 43.3. The molecule has 11 nitrogen and oxygen atoms in total. The van der Waals surface area contributed by atoms with Gasteiger partial charge in [-0.2, -0.15) is 0 Å². The van der Waals surface area contributed by atoms with Crippen molar-refractivity contribution < 1.29 is 23.9 Å². The van der Waals surface area contributed by atoms with E-state index in [4.69, 9.17) is 44.9 Å². The van der Waals surface area contributed by atoms with E-state index >= 15 is 0 Å². The number of pyridine rings is 2. The number of carbonyl (C=O) groups is 3. The van der Waals surface area contributed by atoms with Gasteiger partial charge in [0, 0.05) is 49.0 Å². The Morgan fingerprint density at radius 3 is 1.45 bits per heavy atom. The number of hydrogen-bond acceptors (Lipinski definition) is 8. The smallest absolute Gasteiger partial charge is 0.410 e. The lowest BCUT2D eigenvalue weighted by Gasteiger charge is -2.26. The number of aromatic nitrogens is 2. The number of thiocarbonyl (C=S) groups is 1. The number of benzene rings is 4. The Morgan fingerprint density at radius 1 is 0.581 bits per heavy atom. The van der Waals surface area contributed by atoms with Crippen molar-refractivity contribution in [3.8, 4) is 22.3 Å². The van der Waals surface area contributed by atoms with Gasteiger partial charge in [0.1, 0.15) is 24.2 Å². The normalized spacial score (nSPS) is 15.5. The predicted molar refractivity (Wildman–Crippen MR) is 247 cm³/mol. The molecule has 0 aliphatic carbocycles. The van der Waals surface area contributed by atoms with E-state index in [1.807, 2.05) is 121 Å². The fourth-order valence-electron chi connectivity index (χ4n) is 7.33. The highest BCUT2D eigenvalue weighted by molar-refractivity contribution is 7.80. The van der Waals surface area contributed by atoms with Crippen molar-refractivity contribution in [2.75, 3.05) is 23.7 Å². The third-order valence-electron chi connectivity index (χ3n) is 10.5. The second kappa shape index (κ2) is 21.4. The molecule has 3 amide bonds. The number of amides is 3. The number of likely N-dealkylation sites (tertiary alicyclic amines) is 2. The molecule has 8 rings (SSSR count). The minimum Gasteiger partial charge on any atom is -0.445 e. The van der Waals surface area contributed by atoms with Gasteiger partial charge in [-0.3, -0.25) is 24.6 Å². The molecule has 4 aromatic carbocycles. The number of halogens is 2. The van der Waals surface area contributed by atoms with Gasteiger partial charge in [0.15, 0.2) is 0 Å². The van der Waals surface area contributed by atoms with Gasteiger partial charge in [-0.05, 0) is 47.9 Å². The molecule has 2 atom stereocenters. The lowest BCUT2D eigenvalue weighted by molar-refractivity contribution is -0.120. The van der Waals surface area contributed by atoms with Gasteiger partial charge in [-0.1, -0.05) is 157 Å². The van der Waals surface area contributed by atoms with Crippen LogP contribution >= 0.6 is 35.4 Å². The van der Waals surface area contributed by atoms with Gasteiger partial charge in [0.25, 0.3) is 0 Å². The zero-order valence-electron chi connectivity index (χ0n) is 33.7. The Hall–Kier alpha value is -6.34. The second-order valence-electron chi connectivity index (χ2n) is 14.6. The van der Waals surface area contributed by atoms with E-state index in [0.717, 1.165) is 52.6 Å². The third-order valence-corrected chi connectivity index (χ3v) is 11.4. The summed E-state index contributed by atoms with van der Waals surface area (Å²) < 4.78 is 11.0. The maximum Gasteiger partial charge on any atom is 0.410 e. The summed E-state index contributed by atoms with van der Waals surface area (Å²) in [6, 6.07) is 37.6. The molecule has 0 saturated carbocycles. The van der Waals surface area contributed by atoms with Crippen LogP contribution < -0.4 is 10.6 Å². The molecule has 62 heavy (non-hydrogen) atoms. The van der Waals surface area contributed by atoms with Gasteiger partial charge in [0.05, 0.1) is 27.5 Å². The van der Waals surface area contributed by atoms with Crippen molar-refractivity contribution in [3.05, 3.63) is 167 Å². The molecule has 0 radical (unpaired) electrons. The average molecular weight is 888 g/mol. The van der Waals surface area contributed by atoms with Crippen LogP contribution in [0.4, 0.5) is 21.0 Å². The van der Waals surface area contributed by atoms with Gasteiger partial charge >= 0.3 is 12.2 Å². The summed E-state index contributed by atoms with van der Waals surface area (Å²) in [4.78, 5) is 50.5. The standard InChI is InChI=1S/C24H22ClN3O3.C24H22ClN3O2S/c25-20-15-26-14-19(18-10-5-2-6-11-18)22(20)27-23(29)21-12-7-13-28(21)24(30)31-16-17-8-3-1-4-9-17;25-20-15-26-14-19(18-10-5-2-6-11-18)22(20)27-23(31)21-12-7-13-28(21)24(29)30-16-17-8-3-1-4-9-17/h1-6,8-11,14-15,21H,7,12-13,16H2,(H,26,27,29);1-6,8-11,14-15,21H,7,12-13,16H2,(H,26,27,31)/t2*21-/m00/s1. The first kappa shape index (κ1) is 43.7. The minimum atomic E-state index is -0.615. The van der Waals surface area contributed by atoms with E-state index in [1.165, 1.54) is 11.1 Å². The molecule has 0 bridgehead atoms. The van der Waals surface area contributed by atoms with E-state index in [9.17, 15) is 14.4 Å². The lowest BCUT2D eigenvalue weighted by Crippen LogP contribution is -2.43. The Kier molecular flexibility index (Phi) is 15.1. The molecule has 0 spiro atoms. The van der Waals surface area contributed by atoms with Crippen LogP contribution in [0.1, 0.15) is 36.8 Å². The maximum atomic E-state index is 13.1. The molecule has 2 saturated heterocycles. The summed E-state index contributed by atoms with van der Waals surface area (Å²) in [5.41, 5.74) is 6.46. The summed E-state index contributed by atoms with van der Waals surface area (Å²) in [6.45, 7) is 1.48. The summed E-state index contributed by atoms with van der Waals surface area (Å²) in [6.07, 6.45) is 8.57. The minimum absolute atomic E-state index is 0.166. The monoisotopic (exact) mass is 886 g/mol. The van der Waals surface area contributed by atoms with Crippen molar-refractivity contribution in [2.24, 2.45) is 0 Å². The highest BCUT2D eigenvalue weighted by Gasteiger charge is 2.36. The molecule has 2 N–H and O–H groups in total. The van der Waals surface area contributed by atoms with E-state index in [2.05, 4.69) is 20.6 Å². The fourth-order valence-corrected chi connectivity index (χ4v) is 8.09. The molecular weight excluding hydrogens is 844 g/mol. The van der Waals surface area contributed by atoms with Crippen molar-refractivity contribution in [3.63, 3.8) is 0 Å². The molecule has 316 valence electrons. The first-order chi connectivity index (χ1) is 30.3. The van der Waals surface area contributed by atoms with Gasteiger partial charge in [-0.15, -0.1) is 0 Å². The number of carbonyl (C=O) groups excluding carboxylic acids is 3. The lowest BCUT2D eigenvalue weighted by atomic mass is 10.1. The number of hydrogen-bond donors (Lipinski definition) is 2. The third kappa shape index (κ3) is 11.1. The average Bonchev–Trinajstić information content (AvgIpc) is 4.02. The van der Waals surface area contributed by atoms with Crippen molar-refractivity contribution in [1.82, 2.24) is 19.8 Å². The highest BCUT2D eigenvalue weighted by atomic mass is 35.5. The van der Waals surface area contributed by atoms with E-state index in [-0.39, 0.29) is 31.3 Å². The topological polar surface area (TPSA) is 126 Å². The Balaban J connectivity index is 0.000000186. The molecule has 14 heteroatoms. The summed E-state index contributed by atoms with van der Waals surface area (Å²) in [5.74, 6) is -0.292. The molecule has 2 aliphatic rings. The Labute approximate surface area is 376 Å². The second-order valence-corrected chi connectivity index (χ2v) is 15.8. The van der Waals surface area contributed by atoms with Gasteiger partial charge in [0.2, 0.25) is 5.91 Å². The maximum absolute atomic E-state index is 13.1. The largest absolute Gasteiger partial charge is 0.445 e. The van der Waals surface area contributed by atoms with E-state index < -0.39 is 12.1 Å². The molecule has 4 heterocycles. The summed E-state index contributed by atoms with van der Waals surface area (Å²) in [5, 5.41) is 7.02. The Morgan fingerprint density at radius 2 is 0.984 bits per heavy atom. The van der Waals surface area contributed by atoms with Gasteiger partial charge in [-0.25, -0.2) is 9.59 Å². The molecular formula is C48H44Cl2N6O5S. The van der Waals surface area contributed by atoms with Crippen LogP contribution in [0.5, 0.6) is 0 Å². The number of anilines is 2. The fraction of sp³-hybridized carbons (Fsp3) is 0.208. The summed E-state index contributed by atoms with van der Waals surface area (Å²) >= 11 is 18.5. The SMILES string of the molecule is O=C(Nc1c(Cl)cncc1-c1ccccc1)[C@@H]1CCCN1C(=O)OCc1ccccc1.O=C(OCc1ccccc1)N1CCC[C@H]1C(=S)Nc1c(Cl)cncc1-c1ccccc1. The van der Waals surface area contributed by atoms with Crippen LogP contribution in [0.3, 0.4) is 0 Å². The number of rotatable bonds is 10. The predicted octanol–water partition coefficient (Wildman–Crippen LogP) is 11.1. The van der Waals surface area contributed by atoms with Crippen molar-refractivity contribution in [1.29, 1.82) is 0 Å². The van der Waals surface area contributed by atoms with Crippen LogP contribution in [0.15, 0.2) is 146 Å². The van der Waals surface area contributed by atoms with Crippen LogP contribution in [0.25, 0.3) is 22.3 Å². The first-order valence-electron chi connectivity index (χ1n) is 20.2. The molecule has 2 aromatic heterocycles. The summed E-state index contributed by atoms with van der Waals surface area (Å²) in [7, 11) is 0.